The Hall–Kier alpha value is -1.42. The number of rotatable bonds is 3. The highest BCUT2D eigenvalue weighted by molar-refractivity contribution is 5.89. The lowest BCUT2D eigenvalue weighted by Gasteiger charge is -2.18. The minimum atomic E-state index is -0.977. The molecule has 19 heavy (non-hydrogen) atoms. The Morgan fingerprint density at radius 1 is 1.32 bits per heavy atom. The van der Waals surface area contributed by atoms with Crippen molar-refractivity contribution in [2.24, 2.45) is 11.8 Å². The molecule has 0 radical (unpaired) electrons. The van der Waals surface area contributed by atoms with Gasteiger partial charge < -0.3 is 5.11 Å². The molecular formula is C15H18FNO2. The summed E-state index contributed by atoms with van der Waals surface area (Å²) in [7, 11) is 0. The topological polar surface area (TPSA) is 40.5 Å². The number of carbonyl (C=O) groups is 1. The molecular weight excluding hydrogens is 245 g/mol. The molecule has 1 aromatic carbocycles. The van der Waals surface area contributed by atoms with E-state index in [4.69, 9.17) is 5.11 Å². The molecule has 0 aromatic heterocycles. The molecule has 1 saturated carbocycles. The van der Waals surface area contributed by atoms with Crippen LogP contribution in [0.3, 0.4) is 0 Å². The van der Waals surface area contributed by atoms with Gasteiger partial charge in [0.05, 0.1) is 5.56 Å². The van der Waals surface area contributed by atoms with Crippen molar-refractivity contribution >= 4 is 5.97 Å². The summed E-state index contributed by atoms with van der Waals surface area (Å²) in [5.74, 6) is 0.192. The summed E-state index contributed by atoms with van der Waals surface area (Å²) in [4.78, 5) is 13.4. The highest BCUT2D eigenvalue weighted by atomic mass is 19.1. The van der Waals surface area contributed by atoms with Gasteiger partial charge in [-0.1, -0.05) is 6.42 Å². The molecule has 1 aromatic rings. The third-order valence-corrected chi connectivity index (χ3v) is 4.49. The monoisotopic (exact) mass is 263 g/mol. The molecule has 2 aliphatic rings. The second-order valence-electron chi connectivity index (χ2n) is 5.75. The fourth-order valence-corrected chi connectivity index (χ4v) is 3.60. The number of hydrogen-bond donors (Lipinski definition) is 1. The van der Waals surface area contributed by atoms with Crippen molar-refractivity contribution in [2.45, 2.75) is 25.8 Å². The first kappa shape index (κ1) is 12.6. The summed E-state index contributed by atoms with van der Waals surface area (Å²) in [6, 6.07) is 3.94. The second kappa shape index (κ2) is 4.93. The van der Waals surface area contributed by atoms with Gasteiger partial charge in [0.25, 0.3) is 0 Å². The zero-order chi connectivity index (χ0) is 13.4. The fourth-order valence-electron chi connectivity index (χ4n) is 3.60. The van der Waals surface area contributed by atoms with E-state index >= 15 is 0 Å². The first-order valence-corrected chi connectivity index (χ1v) is 6.87. The molecule has 1 heterocycles. The van der Waals surface area contributed by atoms with E-state index in [1.807, 2.05) is 0 Å². The van der Waals surface area contributed by atoms with Gasteiger partial charge in [0.1, 0.15) is 5.82 Å². The molecule has 0 bridgehead atoms. The van der Waals surface area contributed by atoms with Gasteiger partial charge in [0.15, 0.2) is 0 Å². The van der Waals surface area contributed by atoms with Gasteiger partial charge in [-0.05, 0) is 48.4 Å². The van der Waals surface area contributed by atoms with Gasteiger partial charge in [0, 0.05) is 19.6 Å². The summed E-state index contributed by atoms with van der Waals surface area (Å²) in [6.07, 6.45) is 3.90. The Kier molecular flexibility index (Phi) is 3.27. The van der Waals surface area contributed by atoms with E-state index in [0.717, 1.165) is 24.9 Å². The molecule has 0 amide bonds. The Morgan fingerprint density at radius 3 is 2.63 bits per heavy atom. The lowest BCUT2D eigenvalue weighted by Crippen LogP contribution is -2.22. The molecule has 2 unspecified atom stereocenters. The zero-order valence-electron chi connectivity index (χ0n) is 10.8. The molecule has 3 rings (SSSR count). The van der Waals surface area contributed by atoms with Gasteiger partial charge in [-0.2, -0.15) is 0 Å². The highest BCUT2D eigenvalue weighted by Gasteiger charge is 2.36. The second-order valence-corrected chi connectivity index (χ2v) is 5.75. The average Bonchev–Trinajstić information content (AvgIpc) is 2.89. The fraction of sp³-hybridized carbons (Fsp3) is 0.533. The van der Waals surface area contributed by atoms with E-state index in [2.05, 4.69) is 4.90 Å². The highest BCUT2D eigenvalue weighted by Crippen LogP contribution is 2.38. The molecule has 1 aliphatic heterocycles. The number of nitrogens with zero attached hydrogens (tertiary/aromatic N) is 1. The Bertz CT molecular complexity index is 491. The van der Waals surface area contributed by atoms with Gasteiger partial charge in [-0.3, -0.25) is 4.90 Å². The van der Waals surface area contributed by atoms with Crippen LogP contribution in [0.25, 0.3) is 0 Å². The Labute approximate surface area is 112 Å². The maximum Gasteiger partial charge on any atom is 0.336 e. The number of likely N-dealkylation sites (tertiary alicyclic amines) is 1. The number of carboxylic acids is 1. The number of halogens is 1. The SMILES string of the molecule is O=C(O)c1ccc(F)cc1CN1CC2CCCC2C1. The van der Waals surface area contributed by atoms with Gasteiger partial charge in [-0.25, -0.2) is 9.18 Å². The van der Waals surface area contributed by atoms with E-state index in [9.17, 15) is 9.18 Å². The van der Waals surface area contributed by atoms with E-state index in [0.29, 0.717) is 12.1 Å². The van der Waals surface area contributed by atoms with Crippen LogP contribution in [-0.2, 0) is 6.54 Å². The Morgan fingerprint density at radius 2 is 2.00 bits per heavy atom. The molecule has 3 nitrogen and oxygen atoms in total. The van der Waals surface area contributed by atoms with Crippen LogP contribution in [0.5, 0.6) is 0 Å². The molecule has 102 valence electrons. The average molecular weight is 263 g/mol. The first-order chi connectivity index (χ1) is 9.13. The summed E-state index contributed by atoms with van der Waals surface area (Å²) in [6.45, 7) is 2.60. The van der Waals surface area contributed by atoms with Crippen molar-refractivity contribution in [3.63, 3.8) is 0 Å². The summed E-state index contributed by atoms with van der Waals surface area (Å²) >= 11 is 0. The van der Waals surface area contributed by atoms with Crippen LogP contribution < -0.4 is 0 Å². The van der Waals surface area contributed by atoms with Crippen molar-refractivity contribution < 1.29 is 14.3 Å². The van der Waals surface area contributed by atoms with Crippen LogP contribution in [-0.4, -0.2) is 29.1 Å². The third kappa shape index (κ3) is 2.50. The molecule has 1 N–H and O–H groups in total. The van der Waals surface area contributed by atoms with Crippen LogP contribution in [0.2, 0.25) is 0 Å². The van der Waals surface area contributed by atoms with Crippen molar-refractivity contribution in [2.75, 3.05) is 13.1 Å². The van der Waals surface area contributed by atoms with Gasteiger partial charge in [0.2, 0.25) is 0 Å². The summed E-state index contributed by atoms with van der Waals surface area (Å²) in [5, 5.41) is 9.15. The quantitative estimate of drug-likeness (QED) is 0.911. The number of fused-ring (bicyclic) bond motifs is 1. The lowest BCUT2D eigenvalue weighted by molar-refractivity contribution is 0.0694. The largest absolute Gasteiger partial charge is 0.478 e. The van der Waals surface area contributed by atoms with Crippen molar-refractivity contribution in [3.05, 3.63) is 35.1 Å². The third-order valence-electron chi connectivity index (χ3n) is 4.49. The molecule has 4 heteroatoms. The van der Waals surface area contributed by atoms with Crippen molar-refractivity contribution in [1.29, 1.82) is 0 Å². The van der Waals surface area contributed by atoms with E-state index in [-0.39, 0.29) is 11.4 Å². The first-order valence-electron chi connectivity index (χ1n) is 6.87. The number of aromatic carboxylic acids is 1. The van der Waals surface area contributed by atoms with Crippen molar-refractivity contribution in [3.8, 4) is 0 Å². The Balaban J connectivity index is 1.76. The van der Waals surface area contributed by atoms with E-state index in [1.54, 1.807) is 0 Å². The molecule has 0 spiro atoms. The molecule has 2 atom stereocenters. The van der Waals surface area contributed by atoms with Crippen LogP contribution in [0, 0.1) is 17.7 Å². The zero-order valence-corrected chi connectivity index (χ0v) is 10.8. The lowest BCUT2D eigenvalue weighted by atomic mass is 10.0. The normalized spacial score (nSPS) is 26.6. The van der Waals surface area contributed by atoms with Crippen LogP contribution in [0.15, 0.2) is 18.2 Å². The molecule has 1 aliphatic carbocycles. The van der Waals surface area contributed by atoms with E-state index < -0.39 is 5.97 Å². The number of carboxylic acid groups (broad SMARTS) is 1. The predicted molar refractivity (Wildman–Crippen MR) is 69.5 cm³/mol. The van der Waals surface area contributed by atoms with Crippen LogP contribution in [0.4, 0.5) is 4.39 Å². The van der Waals surface area contributed by atoms with Crippen LogP contribution >= 0.6 is 0 Å². The summed E-state index contributed by atoms with van der Waals surface area (Å²) < 4.78 is 13.3. The van der Waals surface area contributed by atoms with Crippen molar-refractivity contribution in [1.82, 2.24) is 4.90 Å². The minimum absolute atomic E-state index is 0.221. The summed E-state index contributed by atoms with van der Waals surface area (Å²) in [5.41, 5.74) is 0.811. The number of benzene rings is 1. The minimum Gasteiger partial charge on any atom is -0.478 e. The molecule has 1 saturated heterocycles. The standard InChI is InChI=1S/C15H18FNO2/c16-13-4-5-14(15(18)19)12(6-13)9-17-7-10-2-1-3-11(10)8-17/h4-6,10-11H,1-3,7-9H2,(H,18,19). The van der Waals surface area contributed by atoms with Gasteiger partial charge >= 0.3 is 5.97 Å². The van der Waals surface area contributed by atoms with Crippen LogP contribution in [0.1, 0.15) is 35.2 Å². The van der Waals surface area contributed by atoms with Gasteiger partial charge in [-0.15, -0.1) is 0 Å². The number of hydrogen-bond acceptors (Lipinski definition) is 2. The predicted octanol–water partition coefficient (Wildman–Crippen LogP) is 2.76. The maximum absolute atomic E-state index is 13.3. The smallest absolute Gasteiger partial charge is 0.336 e. The molecule has 2 fully saturated rings. The van der Waals surface area contributed by atoms with E-state index in [1.165, 1.54) is 37.5 Å². The maximum atomic E-state index is 13.3.